The molecule has 0 heterocycles. The summed E-state index contributed by atoms with van der Waals surface area (Å²) in [5.74, 6) is 2.05. The van der Waals surface area contributed by atoms with E-state index in [0.717, 1.165) is 12.2 Å². The van der Waals surface area contributed by atoms with E-state index in [1.165, 1.54) is 39.0 Å². The molecule has 0 N–H and O–H groups in total. The number of hydrogen-bond acceptors (Lipinski definition) is 1. The Hall–Kier alpha value is -2.02. The normalized spacial score (nSPS) is 12.9. The fraction of sp³-hybridized carbons (Fsp3) is 0.417. The highest BCUT2D eigenvalue weighted by atomic mass is 16.5. The number of hydrogen-bond donors (Lipinski definition) is 0. The first kappa shape index (κ1) is 19.3. The van der Waals surface area contributed by atoms with Crippen molar-refractivity contribution in [2.75, 3.05) is 7.11 Å². The molecular formula is C24H32O. The number of benzene rings is 2. The van der Waals surface area contributed by atoms with Crippen LogP contribution in [0.15, 0.2) is 35.9 Å². The van der Waals surface area contributed by atoms with Gasteiger partial charge in [-0.15, -0.1) is 0 Å². The fourth-order valence-electron chi connectivity index (χ4n) is 3.52. The quantitative estimate of drug-likeness (QED) is 0.573. The van der Waals surface area contributed by atoms with Gasteiger partial charge in [0.15, 0.2) is 0 Å². The van der Waals surface area contributed by atoms with Crippen LogP contribution in [0.25, 0.3) is 17.2 Å². The van der Waals surface area contributed by atoms with Gasteiger partial charge in [0.2, 0.25) is 0 Å². The van der Waals surface area contributed by atoms with Crippen molar-refractivity contribution in [2.45, 2.75) is 60.3 Å². The molecule has 0 aromatic heterocycles. The maximum Gasteiger partial charge on any atom is 0.126 e. The maximum absolute atomic E-state index is 5.58. The highest BCUT2D eigenvalue weighted by Gasteiger charge is 2.20. The van der Waals surface area contributed by atoms with Crippen LogP contribution >= 0.6 is 0 Å². The Morgan fingerprint density at radius 3 is 2.04 bits per heavy atom. The first-order valence-corrected chi connectivity index (χ1v) is 8.93. The molecule has 2 aromatic rings. The second-order valence-electron chi connectivity index (χ2n) is 7.57. The van der Waals surface area contributed by atoms with Crippen LogP contribution in [0.5, 0.6) is 5.75 Å². The van der Waals surface area contributed by atoms with Crippen molar-refractivity contribution in [3.63, 3.8) is 0 Å². The van der Waals surface area contributed by atoms with Crippen LogP contribution in [-0.4, -0.2) is 7.11 Å². The van der Waals surface area contributed by atoms with Crippen LogP contribution in [0.1, 0.15) is 76.1 Å². The van der Waals surface area contributed by atoms with E-state index in [9.17, 15) is 0 Å². The molecule has 1 heteroatoms. The van der Waals surface area contributed by atoms with Crippen molar-refractivity contribution in [1.29, 1.82) is 0 Å². The van der Waals surface area contributed by atoms with E-state index in [4.69, 9.17) is 4.74 Å². The van der Waals surface area contributed by atoms with Crippen LogP contribution in [0, 0.1) is 0 Å². The van der Waals surface area contributed by atoms with Gasteiger partial charge in [-0.25, -0.2) is 0 Å². The lowest BCUT2D eigenvalue weighted by molar-refractivity contribution is 0.413. The minimum absolute atomic E-state index is 0. The largest absolute Gasteiger partial charge is 0.496 e. The molecule has 0 bridgehead atoms. The van der Waals surface area contributed by atoms with E-state index in [2.05, 4.69) is 71.0 Å². The molecule has 1 aliphatic carbocycles. The van der Waals surface area contributed by atoms with Crippen molar-refractivity contribution < 1.29 is 4.74 Å². The van der Waals surface area contributed by atoms with Crippen LogP contribution < -0.4 is 4.74 Å². The number of fused-ring (bicyclic) bond motifs is 1. The van der Waals surface area contributed by atoms with Crippen molar-refractivity contribution >= 4 is 6.08 Å². The molecule has 2 aromatic carbocycles. The molecule has 0 saturated carbocycles. The molecule has 0 amide bonds. The molecule has 1 aliphatic rings. The average molecular weight is 337 g/mol. The van der Waals surface area contributed by atoms with Gasteiger partial charge in [0, 0.05) is 5.56 Å². The molecule has 0 radical (unpaired) electrons. The summed E-state index contributed by atoms with van der Waals surface area (Å²) in [5.41, 5.74) is 9.60. The van der Waals surface area contributed by atoms with Gasteiger partial charge in [0.1, 0.15) is 5.75 Å². The highest BCUT2D eigenvalue weighted by Crippen LogP contribution is 2.40. The number of rotatable bonds is 4. The van der Waals surface area contributed by atoms with Crippen molar-refractivity contribution in [3.8, 4) is 16.9 Å². The zero-order chi connectivity index (χ0) is 17.4. The highest BCUT2D eigenvalue weighted by molar-refractivity contribution is 5.80. The van der Waals surface area contributed by atoms with Crippen LogP contribution in [-0.2, 0) is 6.42 Å². The van der Waals surface area contributed by atoms with Crippen molar-refractivity contribution in [1.82, 2.24) is 0 Å². The molecule has 1 nitrogen and oxygen atoms in total. The summed E-state index contributed by atoms with van der Waals surface area (Å²) in [6.07, 6.45) is 3.29. The molecule has 0 fully saturated rings. The Morgan fingerprint density at radius 1 is 0.920 bits per heavy atom. The summed E-state index contributed by atoms with van der Waals surface area (Å²) in [6.45, 7) is 11.3. The third kappa shape index (κ3) is 3.66. The molecular weight excluding hydrogens is 304 g/mol. The zero-order valence-corrected chi connectivity index (χ0v) is 15.7. The van der Waals surface area contributed by atoms with E-state index in [1.54, 1.807) is 7.11 Å². The summed E-state index contributed by atoms with van der Waals surface area (Å²) in [7, 11) is 1.76. The summed E-state index contributed by atoms with van der Waals surface area (Å²) in [4.78, 5) is 0. The minimum atomic E-state index is 0. The Balaban J connectivity index is 0.00000225. The first-order chi connectivity index (χ1) is 11.4. The lowest BCUT2D eigenvalue weighted by Crippen LogP contribution is -1.98. The van der Waals surface area contributed by atoms with E-state index in [-0.39, 0.29) is 7.43 Å². The molecule has 3 rings (SSSR count). The predicted octanol–water partition coefficient (Wildman–Crippen LogP) is 7.20. The summed E-state index contributed by atoms with van der Waals surface area (Å²) < 4.78 is 5.58. The van der Waals surface area contributed by atoms with Gasteiger partial charge in [-0.3, -0.25) is 0 Å². The van der Waals surface area contributed by atoms with Crippen LogP contribution in [0.3, 0.4) is 0 Å². The Morgan fingerprint density at radius 2 is 1.52 bits per heavy atom. The number of allylic oxidation sites excluding steroid dienone is 1. The second kappa shape index (κ2) is 7.47. The molecule has 25 heavy (non-hydrogen) atoms. The SMILES string of the molecule is C.COc1ccc(-c2cc(C(C)C)cc(C(C)C)c2)c2c1C=C(C)C2. The van der Waals surface area contributed by atoms with E-state index in [1.807, 2.05) is 0 Å². The molecule has 0 aliphatic heterocycles. The Labute approximate surface area is 153 Å². The fourth-order valence-corrected chi connectivity index (χ4v) is 3.52. The maximum atomic E-state index is 5.58. The molecule has 0 spiro atoms. The second-order valence-corrected chi connectivity index (χ2v) is 7.57. The van der Waals surface area contributed by atoms with Gasteiger partial charge >= 0.3 is 0 Å². The lowest BCUT2D eigenvalue weighted by Gasteiger charge is -2.17. The average Bonchev–Trinajstić information content (AvgIpc) is 2.94. The van der Waals surface area contributed by atoms with Crippen LogP contribution in [0.2, 0.25) is 0 Å². The van der Waals surface area contributed by atoms with Gasteiger partial charge in [0.25, 0.3) is 0 Å². The van der Waals surface area contributed by atoms with E-state index in [0.29, 0.717) is 11.8 Å². The van der Waals surface area contributed by atoms with Crippen molar-refractivity contribution in [2.24, 2.45) is 0 Å². The smallest absolute Gasteiger partial charge is 0.126 e. The first-order valence-electron chi connectivity index (χ1n) is 8.93. The summed E-state index contributed by atoms with van der Waals surface area (Å²) >= 11 is 0. The standard InChI is InChI=1S/C23H28O.CH4/c1-14(2)17-11-18(15(3)4)13-19(12-17)20-7-8-23(24-6)22-10-16(5)9-21(20)22;/h7-8,10-15H,9H2,1-6H3;1H4. The summed E-state index contributed by atoms with van der Waals surface area (Å²) in [5, 5.41) is 0. The molecule has 0 saturated heterocycles. The Bertz CT molecular complexity index is 768. The van der Waals surface area contributed by atoms with Crippen molar-refractivity contribution in [3.05, 3.63) is 58.2 Å². The monoisotopic (exact) mass is 336 g/mol. The molecule has 134 valence electrons. The third-order valence-electron chi connectivity index (χ3n) is 5.01. The van der Waals surface area contributed by atoms with Gasteiger partial charge < -0.3 is 4.74 Å². The van der Waals surface area contributed by atoms with Gasteiger partial charge in [-0.2, -0.15) is 0 Å². The minimum Gasteiger partial charge on any atom is -0.496 e. The Kier molecular flexibility index (Phi) is 5.77. The topological polar surface area (TPSA) is 9.23 Å². The number of methoxy groups -OCH3 is 1. The molecule has 0 unspecified atom stereocenters. The molecule has 0 atom stereocenters. The van der Waals surface area contributed by atoms with E-state index < -0.39 is 0 Å². The van der Waals surface area contributed by atoms with Gasteiger partial charge in [-0.05, 0) is 59.1 Å². The van der Waals surface area contributed by atoms with Crippen LogP contribution in [0.4, 0.5) is 0 Å². The lowest BCUT2D eigenvalue weighted by atomic mass is 9.88. The zero-order valence-electron chi connectivity index (χ0n) is 15.7. The van der Waals surface area contributed by atoms with Gasteiger partial charge in [-0.1, -0.05) is 71.0 Å². The number of ether oxygens (including phenoxy) is 1. The van der Waals surface area contributed by atoms with E-state index >= 15 is 0 Å². The predicted molar refractivity (Wildman–Crippen MR) is 111 cm³/mol. The summed E-state index contributed by atoms with van der Waals surface area (Å²) in [6, 6.07) is 11.4. The third-order valence-corrected chi connectivity index (χ3v) is 5.01. The van der Waals surface area contributed by atoms with Gasteiger partial charge in [0.05, 0.1) is 7.11 Å².